The number of hydrogen-bond acceptors (Lipinski definition) is 3. The molecule has 6 heteroatoms. The average molecular weight is 365 g/mol. The summed E-state index contributed by atoms with van der Waals surface area (Å²) in [4.78, 5) is 14.5. The smallest absolute Gasteiger partial charge is 0.240 e. The number of benzene rings is 1. The minimum Gasteiger partial charge on any atom is -0.312 e. The SMILES string of the molecule is CCCCCC(=O)N1CCc2cc(S(=O)(=O)NC3CCCC3)ccc21. The summed E-state index contributed by atoms with van der Waals surface area (Å²) in [5.41, 5.74) is 1.83. The molecule has 1 saturated carbocycles. The van der Waals surface area contributed by atoms with Crippen LogP contribution in [0.15, 0.2) is 23.1 Å². The Hall–Kier alpha value is -1.40. The molecule has 1 heterocycles. The van der Waals surface area contributed by atoms with E-state index < -0.39 is 10.0 Å². The topological polar surface area (TPSA) is 66.5 Å². The van der Waals surface area contributed by atoms with Gasteiger partial charge in [0.25, 0.3) is 0 Å². The van der Waals surface area contributed by atoms with Crippen LogP contribution in [0.4, 0.5) is 5.69 Å². The van der Waals surface area contributed by atoms with Gasteiger partial charge in [-0.3, -0.25) is 4.79 Å². The molecule has 5 nitrogen and oxygen atoms in total. The van der Waals surface area contributed by atoms with Gasteiger partial charge in [0, 0.05) is 24.7 Å². The van der Waals surface area contributed by atoms with Crippen LogP contribution in [0.2, 0.25) is 0 Å². The van der Waals surface area contributed by atoms with Gasteiger partial charge in [0.05, 0.1) is 4.90 Å². The molecular weight excluding hydrogens is 336 g/mol. The second-order valence-corrected chi connectivity index (χ2v) is 8.86. The Morgan fingerprint density at radius 2 is 2.00 bits per heavy atom. The molecule has 0 spiro atoms. The van der Waals surface area contributed by atoms with Crippen LogP contribution in [0.3, 0.4) is 0 Å². The van der Waals surface area contributed by atoms with E-state index in [1.165, 1.54) is 0 Å². The molecule has 1 fully saturated rings. The van der Waals surface area contributed by atoms with Gasteiger partial charge in [-0.2, -0.15) is 0 Å². The Kier molecular flexibility index (Phi) is 5.79. The van der Waals surface area contributed by atoms with E-state index in [-0.39, 0.29) is 11.9 Å². The van der Waals surface area contributed by atoms with Gasteiger partial charge in [-0.05, 0) is 49.4 Å². The van der Waals surface area contributed by atoms with Crippen molar-refractivity contribution in [2.75, 3.05) is 11.4 Å². The van der Waals surface area contributed by atoms with Crippen LogP contribution < -0.4 is 9.62 Å². The Morgan fingerprint density at radius 1 is 1.24 bits per heavy atom. The molecule has 1 aromatic rings. The van der Waals surface area contributed by atoms with Gasteiger partial charge in [-0.1, -0.05) is 32.6 Å². The lowest BCUT2D eigenvalue weighted by atomic mass is 10.1. The van der Waals surface area contributed by atoms with Gasteiger partial charge in [0.1, 0.15) is 0 Å². The zero-order valence-corrected chi connectivity index (χ0v) is 15.8. The number of anilines is 1. The van der Waals surface area contributed by atoms with Crippen molar-refractivity contribution in [3.05, 3.63) is 23.8 Å². The van der Waals surface area contributed by atoms with Crippen molar-refractivity contribution < 1.29 is 13.2 Å². The fraction of sp³-hybridized carbons (Fsp3) is 0.632. The maximum atomic E-state index is 12.6. The largest absolute Gasteiger partial charge is 0.312 e. The molecule has 1 aromatic carbocycles. The number of rotatable bonds is 7. The molecule has 1 N–H and O–H groups in total. The number of hydrogen-bond donors (Lipinski definition) is 1. The second kappa shape index (κ2) is 7.87. The molecule has 138 valence electrons. The van der Waals surface area contributed by atoms with Crippen LogP contribution in [-0.2, 0) is 21.2 Å². The maximum absolute atomic E-state index is 12.6. The summed E-state index contributed by atoms with van der Waals surface area (Å²) < 4.78 is 28.0. The zero-order valence-electron chi connectivity index (χ0n) is 15.0. The highest BCUT2D eigenvalue weighted by Gasteiger charge is 2.28. The fourth-order valence-corrected chi connectivity index (χ4v) is 5.15. The van der Waals surface area contributed by atoms with Crippen molar-refractivity contribution in [1.82, 2.24) is 4.72 Å². The first-order chi connectivity index (χ1) is 12.0. The van der Waals surface area contributed by atoms with Crippen LogP contribution in [0.5, 0.6) is 0 Å². The Labute approximate surface area is 150 Å². The van der Waals surface area contributed by atoms with E-state index in [2.05, 4.69) is 11.6 Å². The number of amides is 1. The van der Waals surface area contributed by atoms with E-state index in [0.29, 0.717) is 17.9 Å². The minimum absolute atomic E-state index is 0.0647. The number of nitrogens with zero attached hydrogens (tertiary/aromatic N) is 1. The van der Waals surface area contributed by atoms with E-state index in [4.69, 9.17) is 0 Å². The first kappa shape index (κ1) is 18.4. The summed E-state index contributed by atoms with van der Waals surface area (Å²) in [6.07, 6.45) is 8.39. The molecule has 0 radical (unpaired) electrons. The lowest BCUT2D eigenvalue weighted by Gasteiger charge is -2.18. The number of carbonyl (C=O) groups is 1. The summed E-state index contributed by atoms with van der Waals surface area (Å²) in [6.45, 7) is 2.77. The summed E-state index contributed by atoms with van der Waals surface area (Å²) >= 11 is 0. The van der Waals surface area contributed by atoms with E-state index in [0.717, 1.165) is 62.6 Å². The third-order valence-corrected chi connectivity index (χ3v) is 6.75. The monoisotopic (exact) mass is 364 g/mol. The van der Waals surface area contributed by atoms with Gasteiger partial charge in [0.15, 0.2) is 0 Å². The highest BCUT2D eigenvalue weighted by atomic mass is 32.2. The quantitative estimate of drug-likeness (QED) is 0.754. The minimum atomic E-state index is -3.47. The molecule has 1 aliphatic carbocycles. The van der Waals surface area contributed by atoms with Crippen LogP contribution in [0, 0.1) is 0 Å². The van der Waals surface area contributed by atoms with Crippen LogP contribution in [0.1, 0.15) is 63.9 Å². The molecule has 0 aromatic heterocycles. The molecule has 1 amide bonds. The molecule has 2 aliphatic rings. The van der Waals surface area contributed by atoms with Gasteiger partial charge < -0.3 is 4.90 Å². The van der Waals surface area contributed by atoms with Crippen molar-refractivity contribution in [2.45, 2.75) is 75.6 Å². The van der Waals surface area contributed by atoms with Gasteiger partial charge in [-0.15, -0.1) is 0 Å². The summed E-state index contributed by atoms with van der Waals surface area (Å²) in [5, 5.41) is 0. The van der Waals surface area contributed by atoms with E-state index in [1.807, 2.05) is 4.90 Å². The maximum Gasteiger partial charge on any atom is 0.240 e. The van der Waals surface area contributed by atoms with E-state index in [9.17, 15) is 13.2 Å². The standard InChI is InChI=1S/C19H28N2O3S/c1-2-3-4-9-19(22)21-13-12-15-14-17(10-11-18(15)21)25(23,24)20-16-7-5-6-8-16/h10-11,14,16,20H,2-9,12-13H2,1H3. The highest BCUT2D eigenvalue weighted by molar-refractivity contribution is 7.89. The summed E-state index contributed by atoms with van der Waals surface area (Å²) in [6, 6.07) is 5.23. The van der Waals surface area contributed by atoms with Gasteiger partial charge in [0.2, 0.25) is 15.9 Å². The number of carbonyl (C=O) groups excluding carboxylic acids is 1. The zero-order chi connectivity index (χ0) is 17.9. The Balaban J connectivity index is 1.71. The first-order valence-corrected chi connectivity index (χ1v) is 10.9. The molecule has 0 saturated heterocycles. The first-order valence-electron chi connectivity index (χ1n) is 9.47. The summed E-state index contributed by atoms with van der Waals surface area (Å²) in [5.74, 6) is 0.145. The van der Waals surface area contributed by atoms with Crippen molar-refractivity contribution >= 4 is 21.6 Å². The van der Waals surface area contributed by atoms with Gasteiger partial charge in [-0.25, -0.2) is 13.1 Å². The lowest BCUT2D eigenvalue weighted by molar-refractivity contribution is -0.118. The predicted octanol–water partition coefficient (Wildman–Crippen LogP) is 3.38. The number of sulfonamides is 1. The Bertz CT molecular complexity index is 724. The van der Waals surface area contributed by atoms with Gasteiger partial charge >= 0.3 is 0 Å². The lowest BCUT2D eigenvalue weighted by Crippen LogP contribution is -2.32. The van der Waals surface area contributed by atoms with E-state index in [1.54, 1.807) is 18.2 Å². The van der Waals surface area contributed by atoms with E-state index >= 15 is 0 Å². The normalized spacial score (nSPS) is 17.9. The molecule has 3 rings (SSSR count). The van der Waals surface area contributed by atoms with Crippen molar-refractivity contribution in [2.24, 2.45) is 0 Å². The predicted molar refractivity (Wildman–Crippen MR) is 99.2 cm³/mol. The third-order valence-electron chi connectivity index (χ3n) is 5.23. The fourth-order valence-electron chi connectivity index (χ4n) is 3.80. The Morgan fingerprint density at radius 3 is 2.72 bits per heavy atom. The van der Waals surface area contributed by atoms with Crippen LogP contribution >= 0.6 is 0 Å². The van der Waals surface area contributed by atoms with Crippen LogP contribution in [-0.4, -0.2) is 26.9 Å². The molecular formula is C19H28N2O3S. The average Bonchev–Trinajstić information content (AvgIpc) is 3.23. The van der Waals surface area contributed by atoms with Crippen molar-refractivity contribution in [3.8, 4) is 0 Å². The molecule has 25 heavy (non-hydrogen) atoms. The third kappa shape index (κ3) is 4.23. The van der Waals surface area contributed by atoms with Crippen LogP contribution in [0.25, 0.3) is 0 Å². The molecule has 0 unspecified atom stereocenters. The number of fused-ring (bicyclic) bond motifs is 1. The molecule has 1 aliphatic heterocycles. The molecule has 0 atom stereocenters. The second-order valence-electron chi connectivity index (χ2n) is 7.15. The highest BCUT2D eigenvalue weighted by Crippen LogP contribution is 2.31. The number of unbranched alkanes of at least 4 members (excludes halogenated alkanes) is 2. The molecule has 0 bridgehead atoms. The summed E-state index contributed by atoms with van der Waals surface area (Å²) in [7, 11) is -3.47. The van der Waals surface area contributed by atoms with Crippen molar-refractivity contribution in [3.63, 3.8) is 0 Å². The van der Waals surface area contributed by atoms with Crippen molar-refractivity contribution in [1.29, 1.82) is 0 Å². The number of nitrogens with one attached hydrogen (secondary N) is 1.